The van der Waals surface area contributed by atoms with E-state index in [4.69, 9.17) is 9.47 Å². The first-order chi connectivity index (χ1) is 32.6. The number of anilines is 2. The lowest BCUT2D eigenvalue weighted by Crippen LogP contribution is -2.29. The lowest BCUT2D eigenvalue weighted by molar-refractivity contribution is -0.114. The van der Waals surface area contributed by atoms with Gasteiger partial charge in [0.2, 0.25) is 11.6 Å². The molecule has 0 aliphatic heterocycles. The molecule has 14 nitrogen and oxygen atoms in total. The maximum absolute atomic E-state index is 14.5. The number of ether oxygens (including phenoxy) is 2. The summed E-state index contributed by atoms with van der Waals surface area (Å²) in [4.78, 5) is 32.9. The summed E-state index contributed by atoms with van der Waals surface area (Å²) in [6, 6.07) is 18.9. The highest BCUT2D eigenvalue weighted by Crippen LogP contribution is 2.54. The topological polar surface area (TPSA) is 205 Å². The maximum Gasteiger partial charge on any atom is 0.230 e. The molecule has 14 heteroatoms. The number of nitrogens with zero attached hydrogens (tertiary/aromatic N) is 2. The number of ketones is 2. The molecule has 0 spiro atoms. The quantitative estimate of drug-likeness (QED) is 0.0395. The van der Waals surface area contributed by atoms with Crippen LogP contribution in [0, 0.1) is 25.7 Å². The van der Waals surface area contributed by atoms with Crippen LogP contribution in [0.5, 0.6) is 11.5 Å². The number of allylic oxidation sites excluding steroid dienone is 4. The molecule has 4 aromatic carbocycles. The number of Topliss-reactive ketones (excluding diaryl/α,β-unsaturated/α-hetero) is 2. The Hall–Kier alpha value is -6.26. The number of rotatable bonds is 21. The van der Waals surface area contributed by atoms with Gasteiger partial charge in [-0.1, -0.05) is 64.1 Å². The standard InChI is InChI=1S/C54H66N4O10/c1-31(2)43-39-25-33(5)45(51(65)47(39)41(49(63)53(43)67-7)27-55-37-13-9-35(10-14-37)29-57(17-21-59)18-22-60)46-34(6)26-40-44(32(3)4)54(68-8)50(64)42(48(40)52(46)66)28-56-38-15-11-36(12-16-38)30-58(19-23-61)20-24-62/h9-16,25-28,31-32,55-56,59-62,65-66H,17-24,29-30H2,1-8H3/b41-27-,42-28-. The fourth-order valence-corrected chi connectivity index (χ4v) is 9.34. The number of aliphatic hydroxyl groups is 4. The minimum atomic E-state index is -0.436. The first kappa shape index (κ1) is 51.1. The number of fused-ring (bicyclic) bond motifs is 2. The summed E-state index contributed by atoms with van der Waals surface area (Å²) in [5.41, 5.74) is 8.36. The first-order valence-electron chi connectivity index (χ1n) is 23.0. The van der Waals surface area contributed by atoms with Gasteiger partial charge in [-0.25, -0.2) is 0 Å². The molecule has 362 valence electrons. The molecule has 68 heavy (non-hydrogen) atoms. The molecular formula is C54H66N4O10. The molecular weight excluding hydrogens is 865 g/mol. The lowest BCUT2D eigenvalue weighted by atomic mass is 9.75. The minimum Gasteiger partial charge on any atom is -0.507 e. The number of carbonyl (C=O) groups is 2. The van der Waals surface area contributed by atoms with E-state index in [0.29, 0.717) is 95.2 Å². The minimum absolute atomic E-state index is 0.0302. The molecule has 0 atom stereocenters. The third-order valence-electron chi connectivity index (χ3n) is 12.5. The number of benzene rings is 4. The monoisotopic (exact) mass is 930 g/mol. The summed E-state index contributed by atoms with van der Waals surface area (Å²) in [7, 11) is 2.91. The van der Waals surface area contributed by atoms with Gasteiger partial charge in [0.15, 0.2) is 11.5 Å². The third kappa shape index (κ3) is 10.6. The van der Waals surface area contributed by atoms with E-state index in [1.54, 1.807) is 12.4 Å². The number of carbonyl (C=O) groups excluding carboxylic acids is 2. The summed E-state index contributed by atoms with van der Waals surface area (Å²) in [5.74, 6) is -1.37. The number of phenolic OH excluding ortho intramolecular Hbond substituents is 2. The summed E-state index contributed by atoms with van der Waals surface area (Å²) in [6.45, 7) is 14.1. The zero-order chi connectivity index (χ0) is 49.4. The molecule has 4 aromatic rings. The summed E-state index contributed by atoms with van der Waals surface area (Å²) >= 11 is 0. The van der Waals surface area contributed by atoms with E-state index in [0.717, 1.165) is 11.1 Å². The van der Waals surface area contributed by atoms with Gasteiger partial charge >= 0.3 is 0 Å². The Morgan fingerprint density at radius 3 is 1.15 bits per heavy atom. The number of aromatic hydroxyl groups is 2. The maximum atomic E-state index is 14.5. The number of methoxy groups -OCH3 is 2. The Morgan fingerprint density at radius 2 is 0.868 bits per heavy atom. The number of hydrogen-bond donors (Lipinski definition) is 8. The average molecular weight is 931 g/mol. The zero-order valence-electron chi connectivity index (χ0n) is 40.4. The number of phenols is 2. The largest absolute Gasteiger partial charge is 0.507 e. The number of aryl methyl sites for hydroxylation is 2. The molecule has 0 heterocycles. The van der Waals surface area contributed by atoms with Crippen LogP contribution >= 0.6 is 0 Å². The lowest BCUT2D eigenvalue weighted by Gasteiger charge is -2.30. The van der Waals surface area contributed by atoms with E-state index < -0.39 is 11.6 Å². The van der Waals surface area contributed by atoms with Crippen LogP contribution in [0.4, 0.5) is 11.4 Å². The van der Waals surface area contributed by atoms with E-state index in [1.807, 2.05) is 112 Å². The van der Waals surface area contributed by atoms with Gasteiger partial charge in [-0.2, -0.15) is 0 Å². The molecule has 0 unspecified atom stereocenters. The molecule has 0 bridgehead atoms. The van der Waals surface area contributed by atoms with Gasteiger partial charge in [0.25, 0.3) is 0 Å². The van der Waals surface area contributed by atoms with Gasteiger partial charge in [0.05, 0.1) is 51.8 Å². The van der Waals surface area contributed by atoms with Crippen LogP contribution in [0.2, 0.25) is 0 Å². The second kappa shape index (κ2) is 22.7. The van der Waals surface area contributed by atoms with Crippen molar-refractivity contribution in [3.63, 3.8) is 0 Å². The number of nitrogens with one attached hydrogen (secondary N) is 2. The van der Waals surface area contributed by atoms with Gasteiger partial charge in [-0.15, -0.1) is 0 Å². The first-order valence-corrected chi connectivity index (χ1v) is 23.0. The molecule has 2 aliphatic carbocycles. The van der Waals surface area contributed by atoms with Gasteiger partial charge in [-0.3, -0.25) is 19.4 Å². The molecule has 0 fully saturated rings. The van der Waals surface area contributed by atoms with Crippen LogP contribution in [0.15, 0.2) is 84.6 Å². The van der Waals surface area contributed by atoms with Crippen LogP contribution in [-0.4, -0.2) is 119 Å². The highest BCUT2D eigenvalue weighted by molar-refractivity contribution is 6.35. The Bertz CT molecular complexity index is 2430. The third-order valence-corrected chi connectivity index (χ3v) is 12.5. The molecule has 6 rings (SSSR count). The van der Waals surface area contributed by atoms with Crippen molar-refractivity contribution in [2.75, 3.05) is 77.5 Å². The van der Waals surface area contributed by atoms with Gasteiger partial charge in [0.1, 0.15) is 11.5 Å². The molecule has 0 aromatic heterocycles. The van der Waals surface area contributed by atoms with Crippen LogP contribution in [0.1, 0.15) is 72.2 Å². The normalized spacial score (nSPS) is 15.1. The van der Waals surface area contributed by atoms with Crippen LogP contribution in [-0.2, 0) is 32.2 Å². The van der Waals surface area contributed by atoms with Gasteiger partial charge in [0, 0.05) is 96.4 Å². The molecule has 0 saturated carbocycles. The summed E-state index contributed by atoms with van der Waals surface area (Å²) in [5, 5.41) is 69.8. The van der Waals surface area contributed by atoms with E-state index in [-0.39, 0.29) is 83.6 Å². The van der Waals surface area contributed by atoms with Crippen molar-refractivity contribution in [3.05, 3.63) is 129 Å². The van der Waals surface area contributed by atoms with Crippen molar-refractivity contribution >= 4 is 45.2 Å². The Balaban J connectivity index is 1.49. The van der Waals surface area contributed by atoms with Crippen LogP contribution < -0.4 is 10.6 Å². The van der Waals surface area contributed by atoms with E-state index in [1.165, 1.54) is 14.2 Å². The fraction of sp³-hybridized carbons (Fsp3) is 0.370. The van der Waals surface area contributed by atoms with Crippen molar-refractivity contribution in [1.29, 1.82) is 0 Å². The predicted octanol–water partition coefficient (Wildman–Crippen LogP) is 7.05. The van der Waals surface area contributed by atoms with Crippen molar-refractivity contribution in [2.24, 2.45) is 11.8 Å². The SMILES string of the molecule is COC1=C(C(C)C)c2cc(C)c(-c3c(C)cc4c(c3O)/C(=C/Nc3ccc(CN(CCO)CCO)cc3)C(=O)C(OC)=C4C(C)C)c(O)c2/C(=C/Nc2ccc(CN(CCO)CCO)cc2)C1=O. The number of aliphatic hydroxyl groups excluding tert-OH is 4. The van der Waals surface area contributed by atoms with Crippen molar-refractivity contribution in [3.8, 4) is 22.6 Å². The fourth-order valence-electron chi connectivity index (χ4n) is 9.34. The van der Waals surface area contributed by atoms with Gasteiger partial charge < -0.3 is 50.7 Å². The predicted molar refractivity (Wildman–Crippen MR) is 267 cm³/mol. The van der Waals surface area contributed by atoms with Crippen molar-refractivity contribution in [1.82, 2.24) is 9.80 Å². The molecule has 0 amide bonds. The molecule has 0 radical (unpaired) electrons. The van der Waals surface area contributed by atoms with E-state index >= 15 is 0 Å². The summed E-state index contributed by atoms with van der Waals surface area (Å²) in [6.07, 6.45) is 3.11. The van der Waals surface area contributed by atoms with E-state index in [9.17, 15) is 40.2 Å². The second-order valence-electron chi connectivity index (χ2n) is 17.8. The Morgan fingerprint density at radius 1 is 0.544 bits per heavy atom. The highest BCUT2D eigenvalue weighted by Gasteiger charge is 2.39. The highest BCUT2D eigenvalue weighted by atomic mass is 16.5. The van der Waals surface area contributed by atoms with E-state index in [2.05, 4.69) is 10.6 Å². The smallest absolute Gasteiger partial charge is 0.230 e. The Kier molecular flexibility index (Phi) is 17.1. The average Bonchev–Trinajstić information content (AvgIpc) is 3.30. The van der Waals surface area contributed by atoms with Crippen molar-refractivity contribution in [2.45, 2.75) is 54.6 Å². The molecule has 0 saturated heterocycles. The van der Waals surface area contributed by atoms with Gasteiger partial charge in [-0.05, 0) is 83.3 Å². The van der Waals surface area contributed by atoms with Crippen LogP contribution in [0.25, 0.3) is 33.4 Å². The zero-order valence-corrected chi connectivity index (χ0v) is 40.4. The number of hydrogen-bond acceptors (Lipinski definition) is 14. The molecule has 8 N–H and O–H groups in total. The van der Waals surface area contributed by atoms with Crippen molar-refractivity contribution < 1.29 is 49.7 Å². The second-order valence-corrected chi connectivity index (χ2v) is 17.8. The van der Waals surface area contributed by atoms with Crippen LogP contribution in [0.3, 0.4) is 0 Å². The Labute approximate surface area is 399 Å². The summed E-state index contributed by atoms with van der Waals surface area (Å²) < 4.78 is 11.6. The molecule has 2 aliphatic rings.